The molecular formula is C19H22N2O4. The molecule has 0 bridgehead atoms. The van der Waals surface area contributed by atoms with Crippen molar-refractivity contribution in [2.45, 2.75) is 26.5 Å². The second-order valence-corrected chi connectivity index (χ2v) is 5.96. The standard InChI is InChI=1S/C19H22N2O4/c1-13-3-2-4-14(9-13)11-23-16-6-5-15(10-21-8-7-17(20)22)18-19(16)25-12-24-18/h2-6,9,21H,7-8,10-12H2,1H3,(H2,20,22). The molecule has 0 unspecified atom stereocenters. The largest absolute Gasteiger partial charge is 0.485 e. The Morgan fingerprint density at radius 1 is 1.24 bits per heavy atom. The molecular weight excluding hydrogens is 320 g/mol. The van der Waals surface area contributed by atoms with E-state index in [0.717, 1.165) is 11.1 Å². The lowest BCUT2D eigenvalue weighted by atomic mass is 10.1. The normalized spacial score (nSPS) is 12.2. The molecule has 25 heavy (non-hydrogen) atoms. The number of amides is 1. The smallest absolute Gasteiger partial charge is 0.231 e. The van der Waals surface area contributed by atoms with E-state index >= 15 is 0 Å². The predicted molar refractivity (Wildman–Crippen MR) is 93.6 cm³/mol. The van der Waals surface area contributed by atoms with Crippen LogP contribution in [0.3, 0.4) is 0 Å². The van der Waals surface area contributed by atoms with E-state index in [0.29, 0.717) is 43.4 Å². The molecule has 0 aromatic heterocycles. The summed E-state index contributed by atoms with van der Waals surface area (Å²) in [4.78, 5) is 10.8. The first-order chi connectivity index (χ1) is 12.1. The molecule has 0 fully saturated rings. The second-order valence-electron chi connectivity index (χ2n) is 5.96. The quantitative estimate of drug-likeness (QED) is 0.719. The molecule has 0 saturated carbocycles. The molecule has 1 amide bonds. The van der Waals surface area contributed by atoms with Crippen LogP contribution in [0.4, 0.5) is 0 Å². The van der Waals surface area contributed by atoms with Crippen molar-refractivity contribution >= 4 is 5.91 Å². The third-order valence-electron chi connectivity index (χ3n) is 3.90. The number of ether oxygens (including phenoxy) is 3. The highest BCUT2D eigenvalue weighted by Gasteiger charge is 2.22. The monoisotopic (exact) mass is 342 g/mol. The Labute approximate surface area is 146 Å². The van der Waals surface area contributed by atoms with Gasteiger partial charge in [0.2, 0.25) is 18.4 Å². The Morgan fingerprint density at radius 3 is 2.88 bits per heavy atom. The zero-order valence-electron chi connectivity index (χ0n) is 14.2. The number of benzene rings is 2. The molecule has 6 nitrogen and oxygen atoms in total. The van der Waals surface area contributed by atoms with Gasteiger partial charge in [-0.05, 0) is 18.6 Å². The SMILES string of the molecule is Cc1cccc(COc2ccc(CNCCC(N)=O)c3c2OCO3)c1. The summed E-state index contributed by atoms with van der Waals surface area (Å²) in [6.07, 6.45) is 0.303. The van der Waals surface area contributed by atoms with Crippen molar-refractivity contribution in [1.29, 1.82) is 0 Å². The molecule has 1 heterocycles. The fourth-order valence-corrected chi connectivity index (χ4v) is 2.68. The highest BCUT2D eigenvalue weighted by atomic mass is 16.7. The van der Waals surface area contributed by atoms with Crippen LogP contribution in [-0.4, -0.2) is 19.2 Å². The number of nitrogens with one attached hydrogen (secondary N) is 1. The van der Waals surface area contributed by atoms with Crippen molar-refractivity contribution in [3.05, 3.63) is 53.1 Å². The van der Waals surface area contributed by atoms with Gasteiger partial charge in [0.15, 0.2) is 11.5 Å². The Bertz CT molecular complexity index is 761. The summed E-state index contributed by atoms with van der Waals surface area (Å²) >= 11 is 0. The maximum atomic E-state index is 10.8. The van der Waals surface area contributed by atoms with Gasteiger partial charge in [0.25, 0.3) is 0 Å². The van der Waals surface area contributed by atoms with Gasteiger partial charge in [0, 0.05) is 25.1 Å². The molecule has 2 aromatic carbocycles. The van der Waals surface area contributed by atoms with E-state index in [2.05, 4.69) is 24.4 Å². The summed E-state index contributed by atoms with van der Waals surface area (Å²) in [6, 6.07) is 12.0. The maximum Gasteiger partial charge on any atom is 0.231 e. The average molecular weight is 342 g/mol. The number of hydrogen-bond acceptors (Lipinski definition) is 5. The van der Waals surface area contributed by atoms with Crippen LogP contribution in [-0.2, 0) is 17.9 Å². The minimum absolute atomic E-state index is 0.175. The van der Waals surface area contributed by atoms with Gasteiger partial charge < -0.3 is 25.3 Å². The molecule has 0 spiro atoms. The zero-order valence-corrected chi connectivity index (χ0v) is 14.2. The topological polar surface area (TPSA) is 82.8 Å². The van der Waals surface area contributed by atoms with Crippen molar-refractivity contribution in [1.82, 2.24) is 5.32 Å². The lowest BCUT2D eigenvalue weighted by Gasteiger charge is -2.12. The van der Waals surface area contributed by atoms with E-state index in [4.69, 9.17) is 19.9 Å². The zero-order chi connectivity index (χ0) is 17.6. The lowest BCUT2D eigenvalue weighted by Crippen LogP contribution is -2.21. The van der Waals surface area contributed by atoms with Crippen molar-refractivity contribution < 1.29 is 19.0 Å². The second kappa shape index (κ2) is 7.90. The van der Waals surface area contributed by atoms with Gasteiger partial charge in [-0.2, -0.15) is 0 Å². The third-order valence-corrected chi connectivity index (χ3v) is 3.90. The van der Waals surface area contributed by atoms with Gasteiger partial charge in [-0.3, -0.25) is 4.79 Å². The average Bonchev–Trinajstić information content (AvgIpc) is 3.07. The molecule has 0 aliphatic carbocycles. The number of rotatable bonds is 8. The molecule has 2 aromatic rings. The minimum Gasteiger partial charge on any atom is -0.485 e. The van der Waals surface area contributed by atoms with Crippen LogP contribution >= 0.6 is 0 Å². The van der Waals surface area contributed by atoms with Gasteiger partial charge in [-0.15, -0.1) is 0 Å². The number of fused-ring (bicyclic) bond motifs is 1. The molecule has 132 valence electrons. The van der Waals surface area contributed by atoms with Crippen LogP contribution in [0.25, 0.3) is 0 Å². The van der Waals surface area contributed by atoms with Gasteiger partial charge in [-0.25, -0.2) is 0 Å². The summed E-state index contributed by atoms with van der Waals surface area (Å²) < 4.78 is 17.1. The molecule has 0 saturated heterocycles. The van der Waals surface area contributed by atoms with Crippen molar-refractivity contribution in [2.24, 2.45) is 5.73 Å². The summed E-state index contributed by atoms with van der Waals surface area (Å²) in [6.45, 7) is 3.79. The molecule has 3 rings (SSSR count). The van der Waals surface area contributed by atoms with E-state index in [9.17, 15) is 4.79 Å². The summed E-state index contributed by atoms with van der Waals surface area (Å²) in [5, 5.41) is 3.17. The van der Waals surface area contributed by atoms with Gasteiger partial charge in [-0.1, -0.05) is 35.9 Å². The van der Waals surface area contributed by atoms with Crippen molar-refractivity contribution in [3.8, 4) is 17.2 Å². The minimum atomic E-state index is -0.322. The van der Waals surface area contributed by atoms with Crippen LogP contribution in [0.2, 0.25) is 0 Å². The Morgan fingerprint density at radius 2 is 2.08 bits per heavy atom. The molecule has 1 aliphatic rings. The van der Waals surface area contributed by atoms with Gasteiger partial charge in [0.05, 0.1) is 0 Å². The predicted octanol–water partition coefficient (Wildman–Crippen LogP) is 2.27. The van der Waals surface area contributed by atoms with Crippen LogP contribution in [0.1, 0.15) is 23.1 Å². The lowest BCUT2D eigenvalue weighted by molar-refractivity contribution is -0.117. The Hall–Kier alpha value is -2.73. The fraction of sp³-hybridized carbons (Fsp3) is 0.316. The molecule has 1 aliphatic heterocycles. The van der Waals surface area contributed by atoms with Gasteiger partial charge in [0.1, 0.15) is 6.61 Å². The third kappa shape index (κ3) is 4.42. The number of aryl methyl sites for hydroxylation is 1. The number of primary amides is 1. The highest BCUT2D eigenvalue weighted by Crippen LogP contribution is 2.43. The van der Waals surface area contributed by atoms with Crippen LogP contribution < -0.4 is 25.3 Å². The number of nitrogens with two attached hydrogens (primary N) is 1. The van der Waals surface area contributed by atoms with Crippen molar-refractivity contribution in [2.75, 3.05) is 13.3 Å². The molecule has 3 N–H and O–H groups in total. The van der Waals surface area contributed by atoms with Crippen LogP contribution in [0, 0.1) is 6.92 Å². The van der Waals surface area contributed by atoms with Crippen LogP contribution in [0.5, 0.6) is 17.2 Å². The first-order valence-electron chi connectivity index (χ1n) is 8.22. The van der Waals surface area contributed by atoms with E-state index in [1.807, 2.05) is 24.3 Å². The van der Waals surface area contributed by atoms with Gasteiger partial charge >= 0.3 is 0 Å². The van der Waals surface area contributed by atoms with Crippen LogP contribution in [0.15, 0.2) is 36.4 Å². The number of carbonyl (C=O) groups excluding carboxylic acids is 1. The van der Waals surface area contributed by atoms with E-state index < -0.39 is 0 Å². The van der Waals surface area contributed by atoms with E-state index in [1.165, 1.54) is 5.56 Å². The maximum absolute atomic E-state index is 10.8. The Kier molecular flexibility index (Phi) is 5.40. The summed E-state index contributed by atoms with van der Waals surface area (Å²) in [5.74, 6) is 1.65. The highest BCUT2D eigenvalue weighted by molar-refractivity contribution is 5.73. The molecule has 6 heteroatoms. The molecule has 0 radical (unpaired) electrons. The van der Waals surface area contributed by atoms with Crippen molar-refractivity contribution in [3.63, 3.8) is 0 Å². The fourth-order valence-electron chi connectivity index (χ4n) is 2.68. The van der Waals surface area contributed by atoms with E-state index in [1.54, 1.807) is 0 Å². The number of hydrogen-bond donors (Lipinski definition) is 2. The number of carbonyl (C=O) groups is 1. The first-order valence-corrected chi connectivity index (χ1v) is 8.22. The Balaban J connectivity index is 1.65. The first kappa shape index (κ1) is 17.1. The summed E-state index contributed by atoms with van der Waals surface area (Å²) in [5.41, 5.74) is 8.39. The van der Waals surface area contributed by atoms with E-state index in [-0.39, 0.29) is 12.7 Å². The molecule has 0 atom stereocenters. The summed E-state index contributed by atoms with van der Waals surface area (Å²) in [7, 11) is 0.